The standard InChI is InChI=1S/C12H21N5O/c1-4-10-16-11(13-5-2)8-12(17-10)15-7-6-14-9(3)18/h8H,4-7H2,1-3H3,(H,14,18)(H2,13,15,16,17). The van der Waals surface area contributed by atoms with E-state index in [0.717, 1.165) is 30.4 Å². The smallest absolute Gasteiger partial charge is 0.216 e. The molecule has 1 amide bonds. The molecule has 100 valence electrons. The van der Waals surface area contributed by atoms with E-state index < -0.39 is 0 Å². The minimum absolute atomic E-state index is 0.0259. The molecular formula is C12H21N5O. The van der Waals surface area contributed by atoms with Gasteiger partial charge in [0.05, 0.1) is 0 Å². The van der Waals surface area contributed by atoms with E-state index in [4.69, 9.17) is 0 Å². The van der Waals surface area contributed by atoms with Crippen molar-refractivity contribution >= 4 is 17.5 Å². The summed E-state index contributed by atoms with van der Waals surface area (Å²) in [5.74, 6) is 2.38. The third-order valence-corrected chi connectivity index (χ3v) is 2.25. The SMILES string of the molecule is CCNc1cc(NCCNC(C)=O)nc(CC)n1. The van der Waals surface area contributed by atoms with E-state index in [0.29, 0.717) is 13.1 Å². The van der Waals surface area contributed by atoms with Crippen molar-refractivity contribution in [1.82, 2.24) is 15.3 Å². The van der Waals surface area contributed by atoms with Gasteiger partial charge >= 0.3 is 0 Å². The maximum atomic E-state index is 10.7. The molecule has 0 aliphatic carbocycles. The predicted molar refractivity (Wildman–Crippen MR) is 72.7 cm³/mol. The first-order valence-corrected chi connectivity index (χ1v) is 6.25. The lowest BCUT2D eigenvalue weighted by Crippen LogP contribution is -2.26. The highest BCUT2D eigenvalue weighted by atomic mass is 16.1. The molecule has 18 heavy (non-hydrogen) atoms. The summed E-state index contributed by atoms with van der Waals surface area (Å²) in [4.78, 5) is 19.5. The Labute approximate surface area is 108 Å². The quantitative estimate of drug-likeness (QED) is 0.631. The van der Waals surface area contributed by atoms with Crippen LogP contribution in [0.4, 0.5) is 11.6 Å². The number of aromatic nitrogens is 2. The Kier molecular flexibility index (Phi) is 5.90. The summed E-state index contributed by atoms with van der Waals surface area (Å²) in [6.45, 7) is 7.60. The summed E-state index contributed by atoms with van der Waals surface area (Å²) in [6.07, 6.45) is 0.791. The van der Waals surface area contributed by atoms with E-state index in [9.17, 15) is 4.79 Å². The Morgan fingerprint density at radius 3 is 2.39 bits per heavy atom. The highest BCUT2D eigenvalue weighted by molar-refractivity contribution is 5.72. The van der Waals surface area contributed by atoms with Gasteiger partial charge in [-0.3, -0.25) is 4.79 Å². The number of carbonyl (C=O) groups excluding carboxylic acids is 1. The Morgan fingerprint density at radius 2 is 1.83 bits per heavy atom. The van der Waals surface area contributed by atoms with Crippen LogP contribution in [0.5, 0.6) is 0 Å². The minimum atomic E-state index is -0.0259. The third kappa shape index (κ3) is 4.99. The molecule has 0 saturated carbocycles. The van der Waals surface area contributed by atoms with Crippen molar-refractivity contribution in [2.45, 2.75) is 27.2 Å². The summed E-state index contributed by atoms with van der Waals surface area (Å²) >= 11 is 0. The second-order valence-electron chi connectivity index (χ2n) is 3.85. The van der Waals surface area contributed by atoms with Gasteiger partial charge in [-0.1, -0.05) is 6.92 Å². The molecule has 0 fully saturated rings. The van der Waals surface area contributed by atoms with Gasteiger partial charge in [0.25, 0.3) is 0 Å². The molecule has 3 N–H and O–H groups in total. The van der Waals surface area contributed by atoms with Crippen molar-refractivity contribution < 1.29 is 4.79 Å². The number of anilines is 2. The molecule has 6 nitrogen and oxygen atoms in total. The molecule has 0 radical (unpaired) electrons. The summed E-state index contributed by atoms with van der Waals surface area (Å²) in [6, 6.07) is 1.87. The van der Waals surface area contributed by atoms with Crippen LogP contribution in [-0.4, -0.2) is 35.5 Å². The second-order valence-corrected chi connectivity index (χ2v) is 3.85. The maximum absolute atomic E-state index is 10.7. The van der Waals surface area contributed by atoms with Crippen LogP contribution in [0, 0.1) is 0 Å². The van der Waals surface area contributed by atoms with E-state index in [1.165, 1.54) is 6.92 Å². The number of aryl methyl sites for hydroxylation is 1. The summed E-state index contributed by atoms with van der Waals surface area (Å²) < 4.78 is 0. The zero-order valence-corrected chi connectivity index (χ0v) is 11.2. The number of nitrogens with zero attached hydrogens (tertiary/aromatic N) is 2. The molecule has 0 saturated heterocycles. The van der Waals surface area contributed by atoms with Crippen molar-refractivity contribution in [3.63, 3.8) is 0 Å². The van der Waals surface area contributed by atoms with Gasteiger partial charge in [-0.15, -0.1) is 0 Å². The molecular weight excluding hydrogens is 230 g/mol. The molecule has 1 heterocycles. The molecule has 1 aromatic heterocycles. The van der Waals surface area contributed by atoms with Crippen LogP contribution >= 0.6 is 0 Å². The van der Waals surface area contributed by atoms with Crippen LogP contribution in [0.3, 0.4) is 0 Å². The van der Waals surface area contributed by atoms with E-state index in [-0.39, 0.29) is 5.91 Å². The lowest BCUT2D eigenvalue weighted by atomic mass is 10.4. The molecule has 0 aliphatic heterocycles. The van der Waals surface area contributed by atoms with E-state index in [1.807, 2.05) is 19.9 Å². The van der Waals surface area contributed by atoms with Gasteiger partial charge in [-0.25, -0.2) is 9.97 Å². The van der Waals surface area contributed by atoms with E-state index in [1.54, 1.807) is 0 Å². The fourth-order valence-electron chi connectivity index (χ4n) is 1.45. The van der Waals surface area contributed by atoms with Gasteiger partial charge in [-0.05, 0) is 6.92 Å². The Balaban J connectivity index is 2.57. The summed E-state index contributed by atoms with van der Waals surface area (Å²) in [5, 5.41) is 9.06. The van der Waals surface area contributed by atoms with E-state index >= 15 is 0 Å². The highest BCUT2D eigenvalue weighted by Crippen LogP contribution is 2.11. The first-order chi connectivity index (χ1) is 8.65. The zero-order chi connectivity index (χ0) is 13.4. The Hall–Kier alpha value is -1.85. The highest BCUT2D eigenvalue weighted by Gasteiger charge is 2.02. The number of hydrogen-bond acceptors (Lipinski definition) is 5. The van der Waals surface area contributed by atoms with Crippen LogP contribution in [0.15, 0.2) is 6.07 Å². The molecule has 0 unspecified atom stereocenters. The third-order valence-electron chi connectivity index (χ3n) is 2.25. The van der Waals surface area contributed by atoms with Gasteiger partial charge in [0.2, 0.25) is 5.91 Å². The largest absolute Gasteiger partial charge is 0.370 e. The summed E-state index contributed by atoms with van der Waals surface area (Å²) in [5.41, 5.74) is 0. The van der Waals surface area contributed by atoms with Crippen molar-refractivity contribution in [3.8, 4) is 0 Å². The fraction of sp³-hybridized carbons (Fsp3) is 0.583. The monoisotopic (exact) mass is 251 g/mol. The number of hydrogen-bond donors (Lipinski definition) is 3. The molecule has 0 aromatic carbocycles. The molecule has 6 heteroatoms. The molecule has 0 atom stereocenters. The molecule has 1 aromatic rings. The number of rotatable bonds is 7. The molecule has 0 aliphatic rings. The zero-order valence-electron chi connectivity index (χ0n) is 11.2. The van der Waals surface area contributed by atoms with Crippen LogP contribution < -0.4 is 16.0 Å². The summed E-state index contributed by atoms with van der Waals surface area (Å²) in [7, 11) is 0. The van der Waals surface area contributed by atoms with Gasteiger partial charge in [0, 0.05) is 39.0 Å². The van der Waals surface area contributed by atoms with Crippen molar-refractivity contribution in [2.24, 2.45) is 0 Å². The minimum Gasteiger partial charge on any atom is -0.370 e. The Morgan fingerprint density at radius 1 is 1.17 bits per heavy atom. The second kappa shape index (κ2) is 7.47. The lowest BCUT2D eigenvalue weighted by molar-refractivity contribution is -0.118. The average Bonchev–Trinajstić information content (AvgIpc) is 2.34. The predicted octanol–water partition coefficient (Wildman–Crippen LogP) is 1.02. The van der Waals surface area contributed by atoms with Gasteiger partial charge < -0.3 is 16.0 Å². The topological polar surface area (TPSA) is 78.9 Å². The van der Waals surface area contributed by atoms with Crippen molar-refractivity contribution in [1.29, 1.82) is 0 Å². The van der Waals surface area contributed by atoms with Gasteiger partial charge in [0.15, 0.2) is 0 Å². The molecule has 0 bridgehead atoms. The number of carbonyl (C=O) groups is 1. The van der Waals surface area contributed by atoms with Crippen LogP contribution in [0.1, 0.15) is 26.6 Å². The maximum Gasteiger partial charge on any atom is 0.216 e. The van der Waals surface area contributed by atoms with Crippen LogP contribution in [0.2, 0.25) is 0 Å². The van der Waals surface area contributed by atoms with Crippen molar-refractivity contribution in [3.05, 3.63) is 11.9 Å². The van der Waals surface area contributed by atoms with Gasteiger partial charge in [0.1, 0.15) is 17.5 Å². The average molecular weight is 251 g/mol. The number of nitrogens with one attached hydrogen (secondary N) is 3. The first kappa shape index (κ1) is 14.2. The van der Waals surface area contributed by atoms with Gasteiger partial charge in [-0.2, -0.15) is 0 Å². The first-order valence-electron chi connectivity index (χ1n) is 6.25. The van der Waals surface area contributed by atoms with Crippen molar-refractivity contribution in [2.75, 3.05) is 30.3 Å². The lowest BCUT2D eigenvalue weighted by Gasteiger charge is -2.10. The molecule has 0 spiro atoms. The Bertz CT molecular complexity index is 394. The normalized spacial score (nSPS) is 9.94. The van der Waals surface area contributed by atoms with E-state index in [2.05, 4.69) is 25.9 Å². The van der Waals surface area contributed by atoms with Crippen LogP contribution in [-0.2, 0) is 11.2 Å². The van der Waals surface area contributed by atoms with Crippen LogP contribution in [0.25, 0.3) is 0 Å². The number of amides is 1. The fourth-order valence-corrected chi connectivity index (χ4v) is 1.45. The molecule has 1 rings (SSSR count).